The van der Waals surface area contributed by atoms with E-state index in [4.69, 9.17) is 12.0 Å². The second-order valence-electron chi connectivity index (χ2n) is 1.87. The first-order valence-electron chi connectivity index (χ1n) is 2.81. The maximum Gasteiger partial charge on any atom is 0.115 e. The summed E-state index contributed by atoms with van der Waals surface area (Å²) in [6.45, 7) is 5.32. The van der Waals surface area contributed by atoms with E-state index in [1.165, 1.54) is 0 Å². The molecule has 0 unspecified atom stereocenters. The van der Waals surface area contributed by atoms with Crippen LogP contribution in [0, 0.1) is 6.92 Å². The maximum absolute atomic E-state index is 8.81. The van der Waals surface area contributed by atoms with Gasteiger partial charge in [-0.1, -0.05) is 12.1 Å². The standard InChI is InChI=1S/C8H8O/c1-2-7-3-5-8(9)6-4-7/h1,3-6,9H,2H2. The minimum atomic E-state index is 0.284. The van der Waals surface area contributed by atoms with Crippen molar-refractivity contribution in [2.45, 2.75) is 6.42 Å². The number of rotatable bonds is 1. The van der Waals surface area contributed by atoms with Crippen molar-refractivity contribution in [2.24, 2.45) is 0 Å². The monoisotopic (exact) mass is 120 g/mol. The molecule has 2 radical (unpaired) electrons. The summed E-state index contributed by atoms with van der Waals surface area (Å²) in [6.07, 6.45) is 0.528. The van der Waals surface area contributed by atoms with E-state index in [2.05, 4.69) is 0 Å². The highest BCUT2D eigenvalue weighted by molar-refractivity contribution is 5.25. The first kappa shape index (κ1) is 6.14. The lowest BCUT2D eigenvalue weighted by molar-refractivity contribution is 0.475. The Balaban J connectivity index is 2.88. The quantitative estimate of drug-likeness (QED) is 0.597. The van der Waals surface area contributed by atoms with Crippen LogP contribution in [0.25, 0.3) is 0 Å². The lowest BCUT2D eigenvalue weighted by Gasteiger charge is -1.93. The first-order valence-corrected chi connectivity index (χ1v) is 2.81. The minimum absolute atomic E-state index is 0.284. The fraction of sp³-hybridized carbons (Fsp3) is 0.125. The maximum atomic E-state index is 8.81. The third-order valence-corrected chi connectivity index (χ3v) is 1.17. The number of hydrogen-bond acceptors (Lipinski definition) is 1. The van der Waals surface area contributed by atoms with Crippen molar-refractivity contribution in [3.63, 3.8) is 0 Å². The van der Waals surface area contributed by atoms with E-state index in [9.17, 15) is 0 Å². The van der Waals surface area contributed by atoms with Gasteiger partial charge in [0.2, 0.25) is 0 Å². The highest BCUT2D eigenvalue weighted by atomic mass is 16.3. The van der Waals surface area contributed by atoms with Crippen LogP contribution < -0.4 is 0 Å². The fourth-order valence-electron chi connectivity index (χ4n) is 0.632. The number of benzene rings is 1. The average Bonchev–Trinajstić information content (AvgIpc) is 1.90. The molecule has 0 bridgehead atoms. The lowest BCUT2D eigenvalue weighted by Crippen LogP contribution is -1.75. The molecule has 1 aromatic carbocycles. The Morgan fingerprint density at radius 2 is 1.78 bits per heavy atom. The summed E-state index contributed by atoms with van der Waals surface area (Å²) >= 11 is 0. The van der Waals surface area contributed by atoms with E-state index < -0.39 is 0 Å². The smallest absolute Gasteiger partial charge is 0.115 e. The van der Waals surface area contributed by atoms with Gasteiger partial charge in [-0.3, -0.25) is 0 Å². The lowest BCUT2D eigenvalue weighted by atomic mass is 10.2. The topological polar surface area (TPSA) is 20.2 Å². The molecule has 1 aromatic rings. The van der Waals surface area contributed by atoms with Gasteiger partial charge in [-0.05, 0) is 31.0 Å². The molecule has 0 fully saturated rings. The number of phenols is 1. The second kappa shape index (κ2) is 2.53. The molecule has 0 heterocycles. The van der Waals surface area contributed by atoms with Gasteiger partial charge in [0.05, 0.1) is 0 Å². The van der Waals surface area contributed by atoms with Gasteiger partial charge < -0.3 is 5.11 Å². The van der Waals surface area contributed by atoms with E-state index in [-0.39, 0.29) is 5.75 Å². The first-order chi connectivity index (χ1) is 4.33. The Kier molecular flexibility index (Phi) is 1.73. The number of hydrogen-bond donors (Lipinski definition) is 1. The van der Waals surface area contributed by atoms with Crippen LogP contribution in [0.5, 0.6) is 5.75 Å². The van der Waals surface area contributed by atoms with Gasteiger partial charge in [-0.2, -0.15) is 0 Å². The molecule has 0 spiro atoms. The van der Waals surface area contributed by atoms with Gasteiger partial charge in [0.15, 0.2) is 0 Å². The molecule has 0 aliphatic heterocycles. The Bertz CT molecular complexity index is 176. The molecule has 1 nitrogen and oxygen atoms in total. The van der Waals surface area contributed by atoms with Crippen molar-refractivity contribution in [1.29, 1.82) is 0 Å². The summed E-state index contributed by atoms with van der Waals surface area (Å²) in [5, 5.41) is 8.81. The van der Waals surface area contributed by atoms with Crippen molar-refractivity contribution in [3.8, 4) is 5.75 Å². The molecule has 0 amide bonds. The van der Waals surface area contributed by atoms with Crippen molar-refractivity contribution in [2.75, 3.05) is 0 Å². The molecule has 1 heteroatoms. The normalized spacial score (nSPS) is 9.44. The van der Waals surface area contributed by atoms with Crippen LogP contribution in [0.3, 0.4) is 0 Å². The Morgan fingerprint density at radius 1 is 1.22 bits per heavy atom. The molecule has 0 saturated carbocycles. The fourth-order valence-corrected chi connectivity index (χ4v) is 0.632. The van der Waals surface area contributed by atoms with E-state index >= 15 is 0 Å². The zero-order chi connectivity index (χ0) is 6.69. The van der Waals surface area contributed by atoms with Crippen molar-refractivity contribution in [3.05, 3.63) is 36.8 Å². The van der Waals surface area contributed by atoms with Gasteiger partial charge in [-0.15, -0.1) is 0 Å². The van der Waals surface area contributed by atoms with Crippen molar-refractivity contribution >= 4 is 0 Å². The number of phenolic OH excluding ortho intramolecular Hbond substituents is 1. The largest absolute Gasteiger partial charge is 0.508 e. The Hall–Kier alpha value is -0.980. The second-order valence-corrected chi connectivity index (χ2v) is 1.87. The predicted molar refractivity (Wildman–Crippen MR) is 36.1 cm³/mol. The molecular formula is C8H8O. The highest BCUT2D eigenvalue weighted by Crippen LogP contribution is 2.08. The Labute approximate surface area is 55.0 Å². The van der Waals surface area contributed by atoms with Crippen molar-refractivity contribution in [1.82, 2.24) is 0 Å². The van der Waals surface area contributed by atoms with E-state index in [1.54, 1.807) is 24.3 Å². The highest BCUT2D eigenvalue weighted by Gasteiger charge is 1.86. The predicted octanol–water partition coefficient (Wildman–Crippen LogP) is 1.65. The van der Waals surface area contributed by atoms with E-state index in [0.29, 0.717) is 6.42 Å². The van der Waals surface area contributed by atoms with Crippen LogP contribution >= 0.6 is 0 Å². The van der Waals surface area contributed by atoms with Gasteiger partial charge in [-0.25, -0.2) is 0 Å². The third-order valence-electron chi connectivity index (χ3n) is 1.17. The summed E-state index contributed by atoms with van der Waals surface area (Å²) in [5.41, 5.74) is 1.04. The molecule has 1 rings (SSSR count). The summed E-state index contributed by atoms with van der Waals surface area (Å²) in [6, 6.07) is 6.86. The summed E-state index contributed by atoms with van der Waals surface area (Å²) in [4.78, 5) is 0. The molecule has 1 N–H and O–H groups in total. The minimum Gasteiger partial charge on any atom is -0.508 e. The molecule has 0 saturated heterocycles. The summed E-state index contributed by atoms with van der Waals surface area (Å²) in [5.74, 6) is 0.284. The zero-order valence-corrected chi connectivity index (χ0v) is 5.04. The van der Waals surface area contributed by atoms with E-state index in [1.807, 2.05) is 0 Å². The van der Waals surface area contributed by atoms with Crippen LogP contribution in [-0.4, -0.2) is 5.11 Å². The van der Waals surface area contributed by atoms with Crippen LogP contribution in [0.1, 0.15) is 5.56 Å². The summed E-state index contributed by atoms with van der Waals surface area (Å²) in [7, 11) is 0. The summed E-state index contributed by atoms with van der Waals surface area (Å²) < 4.78 is 0. The van der Waals surface area contributed by atoms with Crippen molar-refractivity contribution < 1.29 is 5.11 Å². The van der Waals surface area contributed by atoms with E-state index in [0.717, 1.165) is 5.56 Å². The molecule has 0 aliphatic rings. The molecule has 0 aliphatic carbocycles. The van der Waals surface area contributed by atoms with Gasteiger partial charge in [0.25, 0.3) is 0 Å². The van der Waals surface area contributed by atoms with Gasteiger partial charge in [0, 0.05) is 0 Å². The average molecular weight is 120 g/mol. The van der Waals surface area contributed by atoms with Gasteiger partial charge in [0.1, 0.15) is 5.75 Å². The van der Waals surface area contributed by atoms with Crippen LogP contribution in [0.4, 0.5) is 0 Å². The van der Waals surface area contributed by atoms with Crippen LogP contribution in [-0.2, 0) is 6.42 Å². The molecular weight excluding hydrogens is 112 g/mol. The molecule has 0 aromatic heterocycles. The van der Waals surface area contributed by atoms with Crippen LogP contribution in [0.15, 0.2) is 24.3 Å². The molecule has 46 valence electrons. The number of aromatic hydroxyl groups is 1. The third kappa shape index (κ3) is 1.46. The SMILES string of the molecule is [CH]Cc1ccc(O)cc1. The molecule has 0 atom stereocenters. The molecule has 9 heavy (non-hydrogen) atoms. The Morgan fingerprint density at radius 3 is 2.22 bits per heavy atom. The zero-order valence-electron chi connectivity index (χ0n) is 5.04. The van der Waals surface area contributed by atoms with Crippen LogP contribution in [0.2, 0.25) is 0 Å². The van der Waals surface area contributed by atoms with Gasteiger partial charge >= 0.3 is 0 Å².